The lowest BCUT2D eigenvalue weighted by Gasteiger charge is -2.14. The van der Waals surface area contributed by atoms with E-state index in [1.807, 2.05) is 13.8 Å². The van der Waals surface area contributed by atoms with Gasteiger partial charge >= 0.3 is 0 Å². The van der Waals surface area contributed by atoms with Crippen LogP contribution in [0.1, 0.15) is 42.5 Å². The second kappa shape index (κ2) is 4.88. The van der Waals surface area contributed by atoms with Gasteiger partial charge in [-0.05, 0) is 12.8 Å². The Labute approximate surface area is 88.1 Å². The summed E-state index contributed by atoms with van der Waals surface area (Å²) in [5, 5.41) is 16.7. The lowest BCUT2D eigenvalue weighted by molar-refractivity contribution is 0.0994. The van der Waals surface area contributed by atoms with E-state index in [2.05, 4.69) is 10.3 Å². The molecule has 1 unspecified atom stereocenters. The summed E-state index contributed by atoms with van der Waals surface area (Å²) in [6.45, 7) is 3.81. The molecule has 0 saturated carbocycles. The summed E-state index contributed by atoms with van der Waals surface area (Å²) in [5.41, 5.74) is 6.05. The van der Waals surface area contributed by atoms with Crippen LogP contribution in [-0.2, 0) is 6.42 Å². The molecule has 1 atom stereocenters. The average molecular weight is 212 g/mol. The van der Waals surface area contributed by atoms with Crippen molar-refractivity contribution in [1.29, 1.82) is 0 Å². The molecule has 0 aromatic carbocycles. The number of carbonyl (C=O) groups excluding carboxylic acids is 1. The van der Waals surface area contributed by atoms with Gasteiger partial charge in [-0.3, -0.25) is 4.79 Å². The van der Waals surface area contributed by atoms with E-state index < -0.39 is 5.91 Å². The topological polar surface area (TPSA) is 94.0 Å². The summed E-state index contributed by atoms with van der Waals surface area (Å²) in [5.74, 6) is -0.578. The molecule has 1 rings (SSSR count). The van der Waals surface area contributed by atoms with Gasteiger partial charge in [0, 0.05) is 0 Å². The van der Waals surface area contributed by atoms with E-state index in [4.69, 9.17) is 10.8 Å². The summed E-state index contributed by atoms with van der Waals surface area (Å²) in [4.78, 5) is 11.0. The van der Waals surface area contributed by atoms with E-state index in [1.54, 1.807) is 4.68 Å². The lowest BCUT2D eigenvalue weighted by Crippen LogP contribution is -2.19. The molecule has 0 spiro atoms. The maximum atomic E-state index is 11.0. The molecule has 15 heavy (non-hydrogen) atoms. The molecule has 1 heterocycles. The van der Waals surface area contributed by atoms with E-state index in [0.717, 1.165) is 6.42 Å². The van der Waals surface area contributed by atoms with Crippen LogP contribution in [0.4, 0.5) is 0 Å². The fraction of sp³-hybridized carbons (Fsp3) is 0.667. The monoisotopic (exact) mass is 212 g/mol. The van der Waals surface area contributed by atoms with Crippen LogP contribution in [0, 0.1) is 0 Å². The number of aromatic nitrogens is 3. The number of amides is 1. The maximum Gasteiger partial charge on any atom is 0.271 e. The van der Waals surface area contributed by atoms with Crippen molar-refractivity contribution in [3.05, 3.63) is 11.4 Å². The minimum absolute atomic E-state index is 0.0228. The average Bonchev–Trinajstić information content (AvgIpc) is 2.63. The highest BCUT2D eigenvalue weighted by molar-refractivity contribution is 5.91. The molecule has 84 valence electrons. The van der Waals surface area contributed by atoms with Gasteiger partial charge in [-0.25, -0.2) is 4.68 Å². The summed E-state index contributed by atoms with van der Waals surface area (Å²) in [6.07, 6.45) is 1.34. The Morgan fingerprint density at radius 2 is 2.27 bits per heavy atom. The van der Waals surface area contributed by atoms with Gasteiger partial charge in [-0.1, -0.05) is 19.1 Å². The van der Waals surface area contributed by atoms with Gasteiger partial charge < -0.3 is 10.8 Å². The number of aliphatic hydroxyl groups excluding tert-OH is 1. The highest BCUT2D eigenvalue weighted by atomic mass is 16.3. The minimum atomic E-state index is -0.578. The van der Waals surface area contributed by atoms with Crippen LogP contribution in [0.5, 0.6) is 0 Å². The van der Waals surface area contributed by atoms with Gasteiger partial charge in [0.15, 0.2) is 5.69 Å². The fourth-order valence-electron chi connectivity index (χ4n) is 1.51. The molecule has 3 N–H and O–H groups in total. The van der Waals surface area contributed by atoms with Gasteiger partial charge in [0.25, 0.3) is 5.91 Å². The van der Waals surface area contributed by atoms with Crippen LogP contribution in [0.2, 0.25) is 0 Å². The van der Waals surface area contributed by atoms with Crippen molar-refractivity contribution in [2.75, 3.05) is 6.61 Å². The SMILES string of the molecule is CCc1c(C(N)=O)nnn1C(CC)CO. The summed E-state index contributed by atoms with van der Waals surface area (Å²) < 4.78 is 1.58. The van der Waals surface area contributed by atoms with Crippen LogP contribution in [0.25, 0.3) is 0 Å². The molecule has 0 bridgehead atoms. The molecule has 6 heteroatoms. The van der Waals surface area contributed by atoms with Crippen LogP contribution >= 0.6 is 0 Å². The highest BCUT2D eigenvalue weighted by Crippen LogP contribution is 2.15. The van der Waals surface area contributed by atoms with Crippen LogP contribution in [0.3, 0.4) is 0 Å². The molecule has 1 aromatic heterocycles. The molecular formula is C9H16N4O2. The van der Waals surface area contributed by atoms with Crippen molar-refractivity contribution < 1.29 is 9.90 Å². The van der Waals surface area contributed by atoms with Gasteiger partial charge in [-0.15, -0.1) is 5.10 Å². The Hall–Kier alpha value is -1.43. The zero-order valence-electron chi connectivity index (χ0n) is 8.97. The second-order valence-electron chi connectivity index (χ2n) is 3.29. The highest BCUT2D eigenvalue weighted by Gasteiger charge is 2.19. The molecule has 0 aliphatic carbocycles. The normalized spacial score (nSPS) is 12.7. The molecule has 0 radical (unpaired) electrons. The number of hydrogen-bond donors (Lipinski definition) is 2. The molecule has 1 amide bonds. The van der Waals surface area contributed by atoms with E-state index in [1.165, 1.54) is 0 Å². The van der Waals surface area contributed by atoms with E-state index in [0.29, 0.717) is 12.1 Å². The van der Waals surface area contributed by atoms with E-state index >= 15 is 0 Å². The third kappa shape index (κ3) is 2.15. The van der Waals surface area contributed by atoms with E-state index in [-0.39, 0.29) is 18.3 Å². The molecule has 1 aromatic rings. The van der Waals surface area contributed by atoms with Crippen LogP contribution in [0.15, 0.2) is 0 Å². The molecule has 6 nitrogen and oxygen atoms in total. The first-order valence-electron chi connectivity index (χ1n) is 5.00. The molecular weight excluding hydrogens is 196 g/mol. The fourth-order valence-corrected chi connectivity index (χ4v) is 1.51. The largest absolute Gasteiger partial charge is 0.394 e. The van der Waals surface area contributed by atoms with Crippen molar-refractivity contribution >= 4 is 5.91 Å². The quantitative estimate of drug-likeness (QED) is 0.711. The number of rotatable bonds is 5. The smallest absolute Gasteiger partial charge is 0.271 e. The summed E-state index contributed by atoms with van der Waals surface area (Å²) >= 11 is 0. The predicted octanol–water partition coefficient (Wildman–Crippen LogP) is -0.117. The number of nitrogens with zero attached hydrogens (tertiary/aromatic N) is 3. The zero-order chi connectivity index (χ0) is 11.4. The molecule has 0 fully saturated rings. The molecule has 0 aliphatic heterocycles. The third-order valence-electron chi connectivity index (χ3n) is 2.39. The second-order valence-corrected chi connectivity index (χ2v) is 3.29. The number of aliphatic hydroxyl groups is 1. The van der Waals surface area contributed by atoms with Crippen molar-refractivity contribution in [3.63, 3.8) is 0 Å². The van der Waals surface area contributed by atoms with Gasteiger partial charge in [0.05, 0.1) is 18.3 Å². The standard InChI is InChI=1S/C9H16N4O2/c1-3-6(5-14)13-7(4-2)8(9(10)15)11-12-13/h6,14H,3-5H2,1-2H3,(H2,10,15). The minimum Gasteiger partial charge on any atom is -0.394 e. The van der Waals surface area contributed by atoms with Crippen LogP contribution < -0.4 is 5.73 Å². The van der Waals surface area contributed by atoms with Crippen LogP contribution in [-0.4, -0.2) is 32.6 Å². The summed E-state index contributed by atoms with van der Waals surface area (Å²) in [7, 11) is 0. The maximum absolute atomic E-state index is 11.0. The Balaban J connectivity index is 3.13. The van der Waals surface area contributed by atoms with E-state index in [9.17, 15) is 4.79 Å². The lowest BCUT2D eigenvalue weighted by atomic mass is 10.2. The number of primary amides is 1. The van der Waals surface area contributed by atoms with Crippen molar-refractivity contribution in [3.8, 4) is 0 Å². The molecule has 0 saturated heterocycles. The van der Waals surface area contributed by atoms with Crippen molar-refractivity contribution in [1.82, 2.24) is 15.0 Å². The van der Waals surface area contributed by atoms with Gasteiger partial charge in [0.1, 0.15) is 0 Å². The number of nitrogens with two attached hydrogens (primary N) is 1. The molecule has 0 aliphatic rings. The number of carbonyl (C=O) groups is 1. The van der Waals surface area contributed by atoms with Gasteiger partial charge in [-0.2, -0.15) is 0 Å². The number of hydrogen-bond acceptors (Lipinski definition) is 4. The Morgan fingerprint density at radius 1 is 1.60 bits per heavy atom. The third-order valence-corrected chi connectivity index (χ3v) is 2.39. The van der Waals surface area contributed by atoms with Crippen molar-refractivity contribution in [2.24, 2.45) is 5.73 Å². The first-order valence-corrected chi connectivity index (χ1v) is 5.00. The zero-order valence-corrected chi connectivity index (χ0v) is 8.97. The van der Waals surface area contributed by atoms with Crippen molar-refractivity contribution in [2.45, 2.75) is 32.7 Å². The Bertz CT molecular complexity index is 344. The first kappa shape index (κ1) is 11.6. The summed E-state index contributed by atoms with van der Waals surface area (Å²) in [6, 6.07) is -0.138. The van der Waals surface area contributed by atoms with Gasteiger partial charge in [0.2, 0.25) is 0 Å². The predicted molar refractivity (Wildman–Crippen MR) is 54.3 cm³/mol. The Kier molecular flexibility index (Phi) is 3.79. The Morgan fingerprint density at radius 3 is 2.67 bits per heavy atom. The first-order chi connectivity index (χ1) is 7.15.